The van der Waals surface area contributed by atoms with E-state index in [9.17, 15) is 4.79 Å². The Morgan fingerprint density at radius 2 is 2.07 bits per heavy atom. The van der Waals surface area contributed by atoms with Crippen LogP contribution in [0, 0.1) is 6.92 Å². The Balaban J connectivity index is 1.30. The Hall–Kier alpha value is -3.55. The van der Waals surface area contributed by atoms with Crippen LogP contribution < -0.4 is 5.32 Å². The molecule has 3 heterocycles. The maximum Gasteiger partial charge on any atom is 0.246 e. The van der Waals surface area contributed by atoms with Crippen LogP contribution >= 0.6 is 0 Å². The van der Waals surface area contributed by atoms with Crippen molar-refractivity contribution in [2.45, 2.75) is 32.2 Å². The average Bonchev–Trinajstić information content (AvgIpc) is 3.36. The maximum atomic E-state index is 12.4. The number of anilines is 1. The van der Waals surface area contributed by atoms with E-state index in [4.69, 9.17) is 0 Å². The van der Waals surface area contributed by atoms with Crippen LogP contribution in [0.3, 0.4) is 0 Å². The number of nitrogens with zero attached hydrogens (tertiary/aromatic N) is 6. The molecule has 1 aliphatic rings. The normalized spacial score (nSPS) is 13.8. The molecule has 0 atom stereocenters. The van der Waals surface area contributed by atoms with Gasteiger partial charge in [-0.05, 0) is 50.1 Å². The van der Waals surface area contributed by atoms with E-state index in [0.717, 1.165) is 22.5 Å². The van der Waals surface area contributed by atoms with Crippen LogP contribution in [0.4, 0.5) is 5.69 Å². The molecule has 1 aromatic carbocycles. The van der Waals surface area contributed by atoms with E-state index in [0.29, 0.717) is 11.6 Å². The molecular weight excluding hydrogens is 354 g/mol. The number of amides is 1. The molecule has 0 unspecified atom stereocenters. The van der Waals surface area contributed by atoms with E-state index in [1.807, 2.05) is 48.0 Å². The van der Waals surface area contributed by atoms with Crippen molar-refractivity contribution in [1.82, 2.24) is 29.8 Å². The fraction of sp³-hybridized carbons (Fsp3) is 0.250. The number of fused-ring (bicyclic) bond motifs is 1. The summed E-state index contributed by atoms with van der Waals surface area (Å²) in [5.74, 6) is 1.16. The SMILES string of the molecule is Cc1cc(C2CC2)n(-c2ccc(NC(=O)Cn3nnc4ccccc43)cn2)n1. The lowest BCUT2D eigenvalue weighted by Gasteiger charge is -2.08. The van der Waals surface area contributed by atoms with Crippen molar-refractivity contribution in [1.29, 1.82) is 0 Å². The average molecular weight is 373 g/mol. The van der Waals surface area contributed by atoms with Crippen molar-refractivity contribution in [3.05, 3.63) is 60.0 Å². The van der Waals surface area contributed by atoms with Crippen LogP contribution in [0.25, 0.3) is 16.9 Å². The fourth-order valence-electron chi connectivity index (χ4n) is 3.33. The smallest absolute Gasteiger partial charge is 0.246 e. The summed E-state index contributed by atoms with van der Waals surface area (Å²) in [6, 6.07) is 13.4. The quantitative estimate of drug-likeness (QED) is 0.581. The van der Waals surface area contributed by atoms with Gasteiger partial charge in [0.1, 0.15) is 12.1 Å². The lowest BCUT2D eigenvalue weighted by Crippen LogP contribution is -2.19. The van der Waals surface area contributed by atoms with Crippen molar-refractivity contribution in [3.63, 3.8) is 0 Å². The van der Waals surface area contributed by atoms with E-state index < -0.39 is 0 Å². The van der Waals surface area contributed by atoms with Gasteiger partial charge in [-0.1, -0.05) is 17.3 Å². The number of para-hydroxylation sites is 1. The molecule has 8 heteroatoms. The molecule has 1 aliphatic carbocycles. The second-order valence-corrected chi connectivity index (χ2v) is 7.09. The van der Waals surface area contributed by atoms with Crippen LogP contribution in [0.2, 0.25) is 0 Å². The zero-order valence-electron chi connectivity index (χ0n) is 15.4. The molecule has 1 fully saturated rings. The Morgan fingerprint density at radius 3 is 2.86 bits per heavy atom. The molecule has 5 rings (SSSR count). The summed E-state index contributed by atoms with van der Waals surface area (Å²) < 4.78 is 3.49. The van der Waals surface area contributed by atoms with Gasteiger partial charge < -0.3 is 5.32 Å². The molecule has 28 heavy (non-hydrogen) atoms. The molecule has 3 aromatic heterocycles. The van der Waals surface area contributed by atoms with Crippen molar-refractivity contribution < 1.29 is 4.79 Å². The van der Waals surface area contributed by atoms with E-state index in [-0.39, 0.29) is 12.5 Å². The lowest BCUT2D eigenvalue weighted by atomic mass is 10.2. The molecule has 0 aliphatic heterocycles. The highest BCUT2D eigenvalue weighted by molar-refractivity contribution is 5.91. The van der Waals surface area contributed by atoms with Gasteiger partial charge in [0.15, 0.2) is 5.82 Å². The molecule has 140 valence electrons. The number of hydrogen-bond donors (Lipinski definition) is 1. The topological polar surface area (TPSA) is 90.5 Å². The summed E-state index contributed by atoms with van der Waals surface area (Å²) in [6.45, 7) is 2.08. The second-order valence-electron chi connectivity index (χ2n) is 7.09. The van der Waals surface area contributed by atoms with Crippen molar-refractivity contribution in [3.8, 4) is 5.82 Å². The zero-order valence-corrected chi connectivity index (χ0v) is 15.4. The molecule has 1 N–H and O–H groups in total. The van der Waals surface area contributed by atoms with Gasteiger partial charge in [-0.2, -0.15) is 5.10 Å². The standard InChI is InChI=1S/C20H19N7O/c1-13-10-18(14-6-7-14)27(24-13)19-9-8-15(11-21-19)22-20(28)12-26-17-5-3-2-4-16(17)23-25-26/h2-5,8-11,14H,6-7,12H2,1H3,(H,22,28). The number of aryl methyl sites for hydroxylation is 1. The highest BCUT2D eigenvalue weighted by atomic mass is 16.2. The highest BCUT2D eigenvalue weighted by Gasteiger charge is 2.28. The van der Waals surface area contributed by atoms with E-state index in [1.165, 1.54) is 18.5 Å². The molecule has 4 aromatic rings. The number of carbonyl (C=O) groups is 1. The number of nitrogens with one attached hydrogen (secondary N) is 1. The minimum absolute atomic E-state index is 0.0897. The highest BCUT2D eigenvalue weighted by Crippen LogP contribution is 2.40. The summed E-state index contributed by atoms with van der Waals surface area (Å²) in [5, 5.41) is 15.5. The van der Waals surface area contributed by atoms with Crippen LogP contribution in [-0.2, 0) is 11.3 Å². The molecule has 0 saturated heterocycles. The first-order chi connectivity index (χ1) is 13.7. The third-order valence-corrected chi connectivity index (χ3v) is 4.82. The Labute approximate surface area is 161 Å². The predicted octanol–water partition coefficient (Wildman–Crippen LogP) is 2.84. The summed E-state index contributed by atoms with van der Waals surface area (Å²) in [6.07, 6.45) is 4.06. The molecule has 8 nitrogen and oxygen atoms in total. The Kier molecular flexibility index (Phi) is 3.89. The van der Waals surface area contributed by atoms with Gasteiger partial charge in [-0.25, -0.2) is 14.3 Å². The number of rotatable bonds is 5. The van der Waals surface area contributed by atoms with Crippen LogP contribution in [-0.4, -0.2) is 35.7 Å². The number of benzene rings is 1. The molecule has 1 saturated carbocycles. The van der Waals surface area contributed by atoms with Crippen LogP contribution in [0.5, 0.6) is 0 Å². The van der Waals surface area contributed by atoms with Gasteiger partial charge in [-0.3, -0.25) is 4.79 Å². The summed E-state index contributed by atoms with van der Waals surface area (Å²) >= 11 is 0. The summed E-state index contributed by atoms with van der Waals surface area (Å²) in [7, 11) is 0. The van der Waals surface area contributed by atoms with Crippen molar-refractivity contribution in [2.24, 2.45) is 0 Å². The molecule has 1 amide bonds. The summed E-state index contributed by atoms with van der Waals surface area (Å²) in [5.41, 5.74) is 4.42. The largest absolute Gasteiger partial charge is 0.323 e. The number of pyridine rings is 1. The molecule has 0 radical (unpaired) electrons. The molecule has 0 spiro atoms. The molecular formula is C20H19N7O. The van der Waals surface area contributed by atoms with Crippen LogP contribution in [0.1, 0.15) is 30.1 Å². The van der Waals surface area contributed by atoms with Gasteiger partial charge in [0.05, 0.1) is 23.1 Å². The van der Waals surface area contributed by atoms with Gasteiger partial charge in [0, 0.05) is 11.6 Å². The van der Waals surface area contributed by atoms with Gasteiger partial charge >= 0.3 is 0 Å². The Bertz CT molecular complexity index is 1150. The first-order valence-corrected chi connectivity index (χ1v) is 9.28. The number of aromatic nitrogens is 6. The first kappa shape index (κ1) is 16.6. The van der Waals surface area contributed by atoms with Crippen molar-refractivity contribution >= 4 is 22.6 Å². The zero-order chi connectivity index (χ0) is 19.1. The van der Waals surface area contributed by atoms with E-state index in [1.54, 1.807) is 10.9 Å². The number of carbonyl (C=O) groups excluding carboxylic acids is 1. The second kappa shape index (κ2) is 6.56. The minimum atomic E-state index is -0.182. The lowest BCUT2D eigenvalue weighted by molar-refractivity contribution is -0.116. The van der Waals surface area contributed by atoms with Gasteiger partial charge in [-0.15, -0.1) is 5.10 Å². The summed E-state index contributed by atoms with van der Waals surface area (Å²) in [4.78, 5) is 16.9. The van der Waals surface area contributed by atoms with Gasteiger partial charge in [0.25, 0.3) is 0 Å². The monoisotopic (exact) mass is 373 g/mol. The number of hydrogen-bond acceptors (Lipinski definition) is 5. The predicted molar refractivity (Wildman–Crippen MR) is 104 cm³/mol. The Morgan fingerprint density at radius 1 is 1.21 bits per heavy atom. The van der Waals surface area contributed by atoms with Gasteiger partial charge in [0.2, 0.25) is 5.91 Å². The van der Waals surface area contributed by atoms with E-state index in [2.05, 4.69) is 31.8 Å². The molecule has 0 bridgehead atoms. The fourth-order valence-corrected chi connectivity index (χ4v) is 3.33. The third-order valence-electron chi connectivity index (χ3n) is 4.82. The third kappa shape index (κ3) is 3.13. The first-order valence-electron chi connectivity index (χ1n) is 9.28. The maximum absolute atomic E-state index is 12.4. The van der Waals surface area contributed by atoms with E-state index >= 15 is 0 Å². The minimum Gasteiger partial charge on any atom is -0.323 e. The van der Waals surface area contributed by atoms with Crippen LogP contribution in [0.15, 0.2) is 48.7 Å². The van der Waals surface area contributed by atoms with Crippen molar-refractivity contribution in [2.75, 3.05) is 5.32 Å².